The molecule has 1 atom stereocenters. The van der Waals surface area contributed by atoms with E-state index in [-0.39, 0.29) is 12.0 Å². The minimum absolute atomic E-state index is 0.172. The lowest BCUT2D eigenvalue weighted by molar-refractivity contribution is 0.102. The molecule has 2 aromatic rings. The molecule has 0 aromatic heterocycles. The number of anilines is 1. The topological polar surface area (TPSA) is 47.6 Å². The first-order chi connectivity index (χ1) is 12.0. The van der Waals surface area contributed by atoms with Gasteiger partial charge in [-0.3, -0.25) is 4.79 Å². The fraction of sp³-hybridized carbons (Fsp3) is 0.381. The number of nitrogens with one attached hydrogen (secondary N) is 1. The molecule has 0 radical (unpaired) electrons. The van der Waals surface area contributed by atoms with Crippen LogP contribution in [-0.4, -0.2) is 18.6 Å². The molecule has 134 valence electrons. The van der Waals surface area contributed by atoms with E-state index >= 15 is 0 Å². The van der Waals surface area contributed by atoms with Crippen LogP contribution in [0.25, 0.3) is 0 Å². The van der Waals surface area contributed by atoms with Gasteiger partial charge in [-0.05, 0) is 55.7 Å². The third-order valence-corrected chi connectivity index (χ3v) is 3.73. The van der Waals surface area contributed by atoms with Crippen LogP contribution in [0.2, 0.25) is 0 Å². The van der Waals surface area contributed by atoms with Gasteiger partial charge in [0.15, 0.2) is 0 Å². The van der Waals surface area contributed by atoms with Crippen LogP contribution in [0.5, 0.6) is 11.5 Å². The fourth-order valence-corrected chi connectivity index (χ4v) is 2.17. The minimum atomic E-state index is -0.185. The molecule has 0 heterocycles. The van der Waals surface area contributed by atoms with E-state index in [0.717, 1.165) is 17.9 Å². The zero-order valence-electron chi connectivity index (χ0n) is 15.4. The van der Waals surface area contributed by atoms with Gasteiger partial charge in [0.2, 0.25) is 0 Å². The second-order valence-corrected chi connectivity index (χ2v) is 6.52. The summed E-state index contributed by atoms with van der Waals surface area (Å²) < 4.78 is 11.5. The molecular weight excluding hydrogens is 314 g/mol. The molecule has 0 aliphatic carbocycles. The lowest BCUT2D eigenvalue weighted by atomic mass is 10.1. The van der Waals surface area contributed by atoms with Gasteiger partial charge in [-0.1, -0.05) is 32.9 Å². The van der Waals surface area contributed by atoms with Crippen molar-refractivity contribution < 1.29 is 14.3 Å². The lowest BCUT2D eigenvalue weighted by Gasteiger charge is -2.14. The van der Waals surface area contributed by atoms with Crippen molar-refractivity contribution in [2.45, 2.75) is 40.2 Å². The maximum atomic E-state index is 12.6. The molecule has 0 aliphatic rings. The molecule has 2 aromatic carbocycles. The Kier molecular flexibility index (Phi) is 6.87. The van der Waals surface area contributed by atoms with Gasteiger partial charge in [0.25, 0.3) is 5.91 Å². The van der Waals surface area contributed by atoms with E-state index in [9.17, 15) is 4.79 Å². The molecule has 4 heteroatoms. The van der Waals surface area contributed by atoms with E-state index in [2.05, 4.69) is 26.1 Å². The summed E-state index contributed by atoms with van der Waals surface area (Å²) in [6.45, 7) is 8.84. The Labute approximate surface area is 150 Å². The van der Waals surface area contributed by atoms with Gasteiger partial charge in [0, 0.05) is 5.69 Å². The minimum Gasteiger partial charge on any atom is -0.492 e. The van der Waals surface area contributed by atoms with E-state index < -0.39 is 0 Å². The van der Waals surface area contributed by atoms with E-state index in [1.165, 1.54) is 0 Å². The average Bonchev–Trinajstić information content (AvgIpc) is 2.61. The summed E-state index contributed by atoms with van der Waals surface area (Å²) in [7, 11) is 0. The van der Waals surface area contributed by atoms with Gasteiger partial charge in [-0.15, -0.1) is 0 Å². The van der Waals surface area contributed by atoms with Crippen LogP contribution in [0.3, 0.4) is 0 Å². The van der Waals surface area contributed by atoms with Crippen molar-refractivity contribution in [3.05, 3.63) is 54.1 Å². The highest BCUT2D eigenvalue weighted by Crippen LogP contribution is 2.22. The Morgan fingerprint density at radius 3 is 2.36 bits per heavy atom. The van der Waals surface area contributed by atoms with Gasteiger partial charge in [-0.2, -0.15) is 0 Å². The Morgan fingerprint density at radius 1 is 1.04 bits per heavy atom. The Morgan fingerprint density at radius 2 is 1.72 bits per heavy atom. The van der Waals surface area contributed by atoms with Crippen molar-refractivity contribution >= 4 is 11.6 Å². The highest BCUT2D eigenvalue weighted by molar-refractivity contribution is 6.06. The molecule has 1 unspecified atom stereocenters. The largest absolute Gasteiger partial charge is 0.492 e. The van der Waals surface area contributed by atoms with E-state index in [0.29, 0.717) is 23.8 Å². The number of hydrogen-bond acceptors (Lipinski definition) is 3. The summed E-state index contributed by atoms with van der Waals surface area (Å²) >= 11 is 0. The maximum Gasteiger partial charge on any atom is 0.259 e. The number of hydrogen-bond donors (Lipinski definition) is 1. The van der Waals surface area contributed by atoms with E-state index in [1.54, 1.807) is 6.07 Å². The molecule has 1 N–H and O–H groups in total. The molecule has 0 spiro atoms. The molecule has 4 nitrogen and oxygen atoms in total. The molecule has 0 saturated heterocycles. The Bertz CT molecular complexity index is 680. The third kappa shape index (κ3) is 5.82. The van der Waals surface area contributed by atoms with Crippen molar-refractivity contribution in [3.8, 4) is 11.5 Å². The predicted molar refractivity (Wildman–Crippen MR) is 102 cm³/mol. The number of carbonyl (C=O) groups is 1. The van der Waals surface area contributed by atoms with Crippen molar-refractivity contribution in [2.75, 3.05) is 11.9 Å². The van der Waals surface area contributed by atoms with Crippen molar-refractivity contribution in [3.63, 3.8) is 0 Å². The zero-order chi connectivity index (χ0) is 18.2. The summed E-state index contributed by atoms with van der Waals surface area (Å²) in [6, 6.07) is 14.7. The predicted octanol–water partition coefficient (Wildman–Crippen LogP) is 5.15. The van der Waals surface area contributed by atoms with Crippen LogP contribution >= 0.6 is 0 Å². The molecule has 0 saturated carbocycles. The van der Waals surface area contributed by atoms with Crippen molar-refractivity contribution in [2.24, 2.45) is 5.92 Å². The van der Waals surface area contributed by atoms with Gasteiger partial charge in [0.05, 0.1) is 18.3 Å². The average molecular weight is 341 g/mol. The monoisotopic (exact) mass is 341 g/mol. The van der Waals surface area contributed by atoms with Crippen LogP contribution in [-0.2, 0) is 0 Å². The standard InChI is InChI=1S/C21H27NO3/c1-5-16(4)25-18-12-10-17(11-13-18)22-21(23)19-8-6-7-9-20(19)24-14-15(2)3/h6-13,15-16H,5,14H2,1-4H3,(H,22,23). The van der Waals surface area contributed by atoms with Crippen LogP contribution < -0.4 is 14.8 Å². The molecule has 0 aliphatic heterocycles. The lowest BCUT2D eigenvalue weighted by Crippen LogP contribution is -2.15. The zero-order valence-corrected chi connectivity index (χ0v) is 15.4. The molecule has 0 bridgehead atoms. The highest BCUT2D eigenvalue weighted by Gasteiger charge is 2.13. The number of para-hydroxylation sites is 1. The van der Waals surface area contributed by atoms with Gasteiger partial charge >= 0.3 is 0 Å². The number of amides is 1. The SMILES string of the molecule is CCC(C)Oc1ccc(NC(=O)c2ccccc2OCC(C)C)cc1. The van der Waals surface area contributed by atoms with E-state index in [4.69, 9.17) is 9.47 Å². The summed E-state index contributed by atoms with van der Waals surface area (Å²) in [5, 5.41) is 2.91. The van der Waals surface area contributed by atoms with Crippen LogP contribution in [0, 0.1) is 5.92 Å². The first kappa shape index (κ1) is 18.8. The summed E-state index contributed by atoms with van der Waals surface area (Å²) in [4.78, 5) is 12.6. The van der Waals surface area contributed by atoms with Crippen LogP contribution in [0.4, 0.5) is 5.69 Å². The maximum absolute atomic E-state index is 12.6. The Balaban J connectivity index is 2.04. The van der Waals surface area contributed by atoms with Crippen molar-refractivity contribution in [1.82, 2.24) is 0 Å². The second kappa shape index (κ2) is 9.11. The summed E-state index contributed by atoms with van der Waals surface area (Å²) in [6.07, 6.45) is 1.12. The highest BCUT2D eigenvalue weighted by atomic mass is 16.5. The fourth-order valence-electron chi connectivity index (χ4n) is 2.17. The third-order valence-electron chi connectivity index (χ3n) is 3.73. The number of carbonyl (C=O) groups excluding carboxylic acids is 1. The quantitative estimate of drug-likeness (QED) is 0.722. The first-order valence-electron chi connectivity index (χ1n) is 8.79. The second-order valence-electron chi connectivity index (χ2n) is 6.52. The molecular formula is C21H27NO3. The number of ether oxygens (including phenoxy) is 2. The number of rotatable bonds is 8. The Hall–Kier alpha value is -2.49. The van der Waals surface area contributed by atoms with Gasteiger partial charge in [-0.25, -0.2) is 0 Å². The van der Waals surface area contributed by atoms with Gasteiger partial charge in [0.1, 0.15) is 11.5 Å². The molecule has 25 heavy (non-hydrogen) atoms. The van der Waals surface area contributed by atoms with Crippen molar-refractivity contribution in [1.29, 1.82) is 0 Å². The first-order valence-corrected chi connectivity index (χ1v) is 8.79. The van der Waals surface area contributed by atoms with Crippen LogP contribution in [0.1, 0.15) is 44.5 Å². The molecule has 2 rings (SSSR count). The molecule has 1 amide bonds. The number of benzene rings is 2. The van der Waals surface area contributed by atoms with Gasteiger partial charge < -0.3 is 14.8 Å². The van der Waals surface area contributed by atoms with Crippen LogP contribution in [0.15, 0.2) is 48.5 Å². The molecule has 0 fully saturated rings. The summed E-state index contributed by atoms with van der Waals surface area (Å²) in [5.74, 6) is 1.61. The van der Waals surface area contributed by atoms with E-state index in [1.807, 2.05) is 49.4 Å². The smallest absolute Gasteiger partial charge is 0.259 e. The summed E-state index contributed by atoms with van der Waals surface area (Å²) in [5.41, 5.74) is 1.25. The normalized spacial score (nSPS) is 11.9.